The summed E-state index contributed by atoms with van der Waals surface area (Å²) in [6.45, 7) is 0.466. The summed E-state index contributed by atoms with van der Waals surface area (Å²) in [4.78, 5) is 19.1. The SMILES string of the molecule is NC(=O)C1CCOO1. The summed E-state index contributed by atoms with van der Waals surface area (Å²) in [5.41, 5.74) is 4.85. The molecule has 0 aromatic heterocycles. The second-order valence-corrected chi connectivity index (χ2v) is 1.60. The van der Waals surface area contributed by atoms with Gasteiger partial charge in [0.05, 0.1) is 6.61 Å². The van der Waals surface area contributed by atoms with Crippen LogP contribution in [-0.2, 0) is 14.6 Å². The van der Waals surface area contributed by atoms with Gasteiger partial charge in [-0.3, -0.25) is 4.79 Å². The van der Waals surface area contributed by atoms with E-state index in [2.05, 4.69) is 9.78 Å². The van der Waals surface area contributed by atoms with Crippen molar-refractivity contribution in [2.75, 3.05) is 6.61 Å². The van der Waals surface area contributed by atoms with E-state index in [1.165, 1.54) is 0 Å². The van der Waals surface area contributed by atoms with Crippen LogP contribution < -0.4 is 5.73 Å². The molecule has 2 N–H and O–H groups in total. The maximum atomic E-state index is 10.2. The fourth-order valence-corrected chi connectivity index (χ4v) is 0.523. The quantitative estimate of drug-likeness (QED) is 0.457. The molecule has 4 nitrogen and oxygen atoms in total. The summed E-state index contributed by atoms with van der Waals surface area (Å²) in [5.74, 6) is -0.456. The fourth-order valence-electron chi connectivity index (χ4n) is 0.523. The molecule has 0 spiro atoms. The zero-order valence-corrected chi connectivity index (χ0v) is 4.29. The first-order chi connectivity index (χ1) is 3.80. The van der Waals surface area contributed by atoms with Gasteiger partial charge in [0.1, 0.15) is 0 Å². The lowest BCUT2D eigenvalue weighted by Gasteiger charge is -1.96. The number of carbonyl (C=O) groups excluding carboxylic acids is 1. The van der Waals surface area contributed by atoms with Gasteiger partial charge in [-0.1, -0.05) is 0 Å². The molecule has 1 aliphatic rings. The van der Waals surface area contributed by atoms with Crippen LogP contribution in [-0.4, -0.2) is 18.6 Å². The first-order valence-corrected chi connectivity index (χ1v) is 2.38. The Hall–Kier alpha value is -0.610. The van der Waals surface area contributed by atoms with Crippen LogP contribution in [0.1, 0.15) is 6.42 Å². The molecule has 0 radical (unpaired) electrons. The van der Waals surface area contributed by atoms with E-state index < -0.39 is 12.0 Å². The van der Waals surface area contributed by atoms with Gasteiger partial charge >= 0.3 is 0 Å². The molecule has 1 unspecified atom stereocenters. The number of carbonyl (C=O) groups is 1. The molecule has 1 heterocycles. The monoisotopic (exact) mass is 117 g/mol. The molecule has 8 heavy (non-hydrogen) atoms. The number of nitrogens with two attached hydrogens (primary N) is 1. The van der Waals surface area contributed by atoms with Crippen LogP contribution in [0.5, 0.6) is 0 Å². The Labute approximate surface area is 46.5 Å². The highest BCUT2D eigenvalue weighted by molar-refractivity contribution is 5.78. The average Bonchev–Trinajstić information content (AvgIpc) is 2.12. The molecule has 0 aromatic rings. The topological polar surface area (TPSA) is 61.6 Å². The lowest BCUT2D eigenvalue weighted by atomic mass is 10.3. The van der Waals surface area contributed by atoms with Crippen molar-refractivity contribution in [2.24, 2.45) is 5.73 Å². The number of hydrogen-bond donors (Lipinski definition) is 1. The van der Waals surface area contributed by atoms with Crippen molar-refractivity contribution in [1.82, 2.24) is 0 Å². The fraction of sp³-hybridized carbons (Fsp3) is 0.750. The zero-order valence-electron chi connectivity index (χ0n) is 4.29. The van der Waals surface area contributed by atoms with Gasteiger partial charge < -0.3 is 5.73 Å². The van der Waals surface area contributed by atoms with E-state index in [-0.39, 0.29) is 0 Å². The van der Waals surface area contributed by atoms with Gasteiger partial charge in [0.15, 0.2) is 6.10 Å². The normalized spacial score (nSPS) is 28.2. The summed E-state index contributed by atoms with van der Waals surface area (Å²) < 4.78 is 0. The molecular formula is C4H7NO3. The summed E-state index contributed by atoms with van der Waals surface area (Å²) in [5, 5.41) is 0. The Morgan fingerprint density at radius 1 is 1.75 bits per heavy atom. The van der Waals surface area contributed by atoms with Crippen molar-refractivity contribution >= 4 is 5.91 Å². The Balaban J connectivity index is 2.35. The number of rotatable bonds is 1. The van der Waals surface area contributed by atoms with Crippen molar-refractivity contribution in [2.45, 2.75) is 12.5 Å². The highest BCUT2D eigenvalue weighted by atomic mass is 17.2. The van der Waals surface area contributed by atoms with Crippen LogP contribution in [0.15, 0.2) is 0 Å². The van der Waals surface area contributed by atoms with Gasteiger partial charge in [0.2, 0.25) is 5.91 Å². The van der Waals surface area contributed by atoms with Crippen LogP contribution in [0.25, 0.3) is 0 Å². The molecule has 1 atom stereocenters. The number of hydrogen-bond acceptors (Lipinski definition) is 3. The summed E-state index contributed by atoms with van der Waals surface area (Å²) in [6, 6.07) is 0. The molecule has 0 bridgehead atoms. The van der Waals surface area contributed by atoms with Crippen LogP contribution in [0.4, 0.5) is 0 Å². The predicted molar refractivity (Wildman–Crippen MR) is 24.6 cm³/mol. The molecular weight excluding hydrogens is 110 g/mol. The van der Waals surface area contributed by atoms with E-state index in [1.807, 2.05) is 0 Å². The summed E-state index contributed by atoms with van der Waals surface area (Å²) >= 11 is 0. The highest BCUT2D eigenvalue weighted by Crippen LogP contribution is 2.06. The van der Waals surface area contributed by atoms with Gasteiger partial charge in [0, 0.05) is 6.42 Å². The first kappa shape index (κ1) is 5.53. The van der Waals surface area contributed by atoms with E-state index in [9.17, 15) is 4.79 Å². The Morgan fingerprint density at radius 2 is 2.50 bits per heavy atom. The third kappa shape index (κ3) is 0.962. The highest BCUT2D eigenvalue weighted by Gasteiger charge is 2.22. The van der Waals surface area contributed by atoms with Crippen molar-refractivity contribution in [3.63, 3.8) is 0 Å². The Bertz CT molecular complexity index is 97.5. The molecule has 0 aromatic carbocycles. The average molecular weight is 117 g/mol. The minimum atomic E-state index is -0.519. The van der Waals surface area contributed by atoms with Crippen molar-refractivity contribution in [3.8, 4) is 0 Å². The van der Waals surface area contributed by atoms with Crippen molar-refractivity contribution in [1.29, 1.82) is 0 Å². The summed E-state index contributed by atoms with van der Waals surface area (Å²) in [6.07, 6.45) is 0.0602. The van der Waals surface area contributed by atoms with Crippen molar-refractivity contribution < 1.29 is 14.6 Å². The van der Waals surface area contributed by atoms with Gasteiger partial charge in [0.25, 0.3) is 0 Å². The Kier molecular flexibility index (Phi) is 1.45. The first-order valence-electron chi connectivity index (χ1n) is 2.38. The van der Waals surface area contributed by atoms with Gasteiger partial charge in [-0.2, -0.15) is 0 Å². The van der Waals surface area contributed by atoms with E-state index in [0.717, 1.165) is 0 Å². The molecule has 1 rings (SSSR count). The number of amides is 1. The van der Waals surface area contributed by atoms with Crippen LogP contribution in [0, 0.1) is 0 Å². The van der Waals surface area contributed by atoms with Crippen LogP contribution in [0.3, 0.4) is 0 Å². The molecule has 1 fully saturated rings. The third-order valence-corrected chi connectivity index (χ3v) is 0.965. The van der Waals surface area contributed by atoms with Gasteiger partial charge in [-0.05, 0) is 0 Å². The Morgan fingerprint density at radius 3 is 2.75 bits per heavy atom. The van der Waals surface area contributed by atoms with Crippen LogP contribution in [0.2, 0.25) is 0 Å². The molecule has 4 heteroatoms. The van der Waals surface area contributed by atoms with Crippen molar-refractivity contribution in [3.05, 3.63) is 0 Å². The molecule has 0 saturated carbocycles. The van der Waals surface area contributed by atoms with Gasteiger partial charge in [-0.15, -0.1) is 0 Å². The molecule has 46 valence electrons. The second-order valence-electron chi connectivity index (χ2n) is 1.60. The third-order valence-electron chi connectivity index (χ3n) is 0.965. The molecule has 1 amide bonds. The van der Waals surface area contributed by atoms with Gasteiger partial charge in [-0.25, -0.2) is 9.78 Å². The molecule has 1 aliphatic heterocycles. The molecule has 1 saturated heterocycles. The summed E-state index contributed by atoms with van der Waals surface area (Å²) in [7, 11) is 0. The van der Waals surface area contributed by atoms with E-state index in [4.69, 9.17) is 5.73 Å². The van der Waals surface area contributed by atoms with E-state index >= 15 is 0 Å². The predicted octanol–water partition coefficient (Wildman–Crippen LogP) is -0.808. The maximum Gasteiger partial charge on any atom is 0.250 e. The smallest absolute Gasteiger partial charge is 0.250 e. The second kappa shape index (κ2) is 2.11. The minimum absolute atomic E-state index is 0.456. The largest absolute Gasteiger partial charge is 0.367 e. The standard InChI is InChI=1S/C4H7NO3/c5-4(6)3-1-2-7-8-3/h3H,1-2H2,(H2,5,6). The van der Waals surface area contributed by atoms with Crippen LogP contribution >= 0.6 is 0 Å². The minimum Gasteiger partial charge on any atom is -0.367 e. The zero-order chi connectivity index (χ0) is 5.98. The van der Waals surface area contributed by atoms with E-state index in [1.54, 1.807) is 0 Å². The lowest BCUT2D eigenvalue weighted by molar-refractivity contribution is -0.268. The number of primary amides is 1. The van der Waals surface area contributed by atoms with E-state index in [0.29, 0.717) is 13.0 Å². The lowest BCUT2D eigenvalue weighted by Crippen LogP contribution is -2.27. The maximum absolute atomic E-state index is 10.2. The molecule has 0 aliphatic carbocycles.